The van der Waals surface area contributed by atoms with Crippen LogP contribution in [0, 0.1) is 0 Å². The Morgan fingerprint density at radius 3 is 3.05 bits per heavy atom. The van der Waals surface area contributed by atoms with Crippen molar-refractivity contribution in [2.75, 3.05) is 13.7 Å². The highest BCUT2D eigenvalue weighted by Gasteiger charge is 2.20. The van der Waals surface area contributed by atoms with Crippen molar-refractivity contribution in [2.45, 2.75) is 32.1 Å². The summed E-state index contributed by atoms with van der Waals surface area (Å²) in [4.78, 5) is 30.9. The second kappa shape index (κ2) is 6.26. The molecule has 0 radical (unpaired) electrons. The monoisotopic (exact) mass is 264 g/mol. The number of fused-ring (bicyclic) bond motifs is 1. The quantitative estimate of drug-likeness (QED) is 0.589. The van der Waals surface area contributed by atoms with Gasteiger partial charge in [0.1, 0.15) is 5.69 Å². The molecule has 0 fully saturated rings. The molecule has 0 spiro atoms. The van der Waals surface area contributed by atoms with E-state index in [1.807, 2.05) is 0 Å². The summed E-state index contributed by atoms with van der Waals surface area (Å²) >= 11 is 0. The van der Waals surface area contributed by atoms with Crippen molar-refractivity contribution in [3.05, 3.63) is 17.6 Å². The molecule has 0 saturated carbocycles. The van der Waals surface area contributed by atoms with Gasteiger partial charge in [0.2, 0.25) is 5.88 Å². The second-order valence-electron chi connectivity index (χ2n) is 4.31. The van der Waals surface area contributed by atoms with Crippen molar-refractivity contribution in [2.24, 2.45) is 0 Å². The van der Waals surface area contributed by atoms with Gasteiger partial charge >= 0.3 is 5.97 Å². The van der Waals surface area contributed by atoms with E-state index >= 15 is 0 Å². The Morgan fingerprint density at radius 1 is 1.42 bits per heavy atom. The fourth-order valence-electron chi connectivity index (χ4n) is 1.92. The largest absolute Gasteiger partial charge is 0.477 e. The molecule has 1 aliphatic rings. The number of hydrogen-bond acceptors (Lipinski definition) is 6. The third kappa shape index (κ3) is 3.49. The Balaban J connectivity index is 1.88. The van der Waals surface area contributed by atoms with E-state index in [-0.39, 0.29) is 11.8 Å². The molecule has 0 unspecified atom stereocenters. The van der Waals surface area contributed by atoms with Crippen LogP contribution in [0.3, 0.4) is 0 Å². The molecule has 1 aromatic heterocycles. The Hall–Kier alpha value is -1.98. The van der Waals surface area contributed by atoms with Gasteiger partial charge in [-0.25, -0.2) is 9.97 Å². The Morgan fingerprint density at radius 2 is 2.26 bits per heavy atom. The first kappa shape index (κ1) is 13.5. The maximum atomic E-state index is 11.6. The molecule has 0 amide bonds. The van der Waals surface area contributed by atoms with Crippen LogP contribution in [0.5, 0.6) is 5.88 Å². The van der Waals surface area contributed by atoms with Crippen LogP contribution in [-0.4, -0.2) is 35.4 Å². The first-order valence-electron chi connectivity index (χ1n) is 6.29. The number of carbonyl (C=O) groups is 2. The molecule has 0 aromatic carbocycles. The summed E-state index contributed by atoms with van der Waals surface area (Å²) in [6.07, 6.45) is 4.44. The molecule has 0 atom stereocenters. The number of hydrogen-bond donors (Lipinski definition) is 0. The van der Waals surface area contributed by atoms with Gasteiger partial charge in [0.05, 0.1) is 25.6 Å². The van der Waals surface area contributed by atoms with E-state index in [4.69, 9.17) is 4.74 Å². The van der Waals surface area contributed by atoms with Gasteiger partial charge in [-0.15, -0.1) is 0 Å². The number of ether oxygens (including phenoxy) is 2. The highest BCUT2D eigenvalue weighted by Crippen LogP contribution is 2.19. The van der Waals surface area contributed by atoms with Crippen LogP contribution < -0.4 is 4.74 Å². The molecule has 6 nitrogen and oxygen atoms in total. The van der Waals surface area contributed by atoms with Crippen LogP contribution in [0.15, 0.2) is 6.20 Å². The molecule has 1 heterocycles. The highest BCUT2D eigenvalue weighted by atomic mass is 16.5. The summed E-state index contributed by atoms with van der Waals surface area (Å²) in [7, 11) is 1.36. The van der Waals surface area contributed by atoms with Crippen molar-refractivity contribution in [3.8, 4) is 5.88 Å². The summed E-state index contributed by atoms with van der Waals surface area (Å²) in [5, 5.41) is 0. The molecule has 0 bridgehead atoms. The van der Waals surface area contributed by atoms with Crippen LogP contribution in [0.1, 0.15) is 41.9 Å². The number of nitrogens with zero attached hydrogens (tertiary/aromatic N) is 2. The van der Waals surface area contributed by atoms with Gasteiger partial charge in [0.15, 0.2) is 5.78 Å². The van der Waals surface area contributed by atoms with Gasteiger partial charge < -0.3 is 9.47 Å². The molecular weight excluding hydrogens is 248 g/mol. The Labute approximate surface area is 111 Å². The zero-order valence-electron chi connectivity index (χ0n) is 10.8. The lowest BCUT2D eigenvalue weighted by Gasteiger charge is -2.13. The van der Waals surface area contributed by atoms with Gasteiger partial charge in [-0.3, -0.25) is 9.59 Å². The molecule has 2 rings (SSSR count). The molecule has 0 aliphatic heterocycles. The van der Waals surface area contributed by atoms with E-state index in [1.54, 1.807) is 0 Å². The average molecular weight is 264 g/mol. The normalized spacial score (nSPS) is 13.8. The Kier molecular flexibility index (Phi) is 4.43. The van der Waals surface area contributed by atoms with Gasteiger partial charge in [0.25, 0.3) is 0 Å². The summed E-state index contributed by atoms with van der Waals surface area (Å²) < 4.78 is 9.94. The van der Waals surface area contributed by atoms with Crippen LogP contribution in [0.2, 0.25) is 0 Å². The van der Waals surface area contributed by atoms with E-state index < -0.39 is 0 Å². The smallest absolute Gasteiger partial charge is 0.305 e. The predicted octanol–water partition coefficient (Wildman–Crippen LogP) is 1.33. The average Bonchev–Trinajstić information content (AvgIpc) is 2.43. The first-order chi connectivity index (χ1) is 9.20. The minimum atomic E-state index is -0.259. The minimum Gasteiger partial charge on any atom is -0.477 e. The van der Waals surface area contributed by atoms with Crippen molar-refractivity contribution in [1.29, 1.82) is 0 Å². The van der Waals surface area contributed by atoms with Crippen molar-refractivity contribution in [3.63, 3.8) is 0 Å². The highest BCUT2D eigenvalue weighted by molar-refractivity contribution is 5.96. The second-order valence-corrected chi connectivity index (χ2v) is 4.31. The summed E-state index contributed by atoms with van der Waals surface area (Å²) in [5.74, 6) is 0.190. The summed E-state index contributed by atoms with van der Waals surface area (Å²) in [6.45, 7) is 0.372. The summed E-state index contributed by atoms with van der Waals surface area (Å²) in [5.41, 5.74) is 1.18. The molecule has 0 N–H and O–H groups in total. The van der Waals surface area contributed by atoms with E-state index in [0.717, 1.165) is 12.8 Å². The Bertz CT molecular complexity index is 488. The standard InChI is InChI=1S/C13H16N2O4/c1-18-12(17)6-3-7-19-11-8-14-13-9(15-11)4-2-5-10(13)16/h8H,2-7H2,1H3. The number of methoxy groups -OCH3 is 1. The van der Waals surface area contributed by atoms with Gasteiger partial charge in [-0.2, -0.15) is 0 Å². The molecular formula is C13H16N2O4. The van der Waals surface area contributed by atoms with Crippen molar-refractivity contribution >= 4 is 11.8 Å². The van der Waals surface area contributed by atoms with E-state index in [9.17, 15) is 9.59 Å². The minimum absolute atomic E-state index is 0.0472. The first-order valence-corrected chi connectivity index (χ1v) is 6.29. The van der Waals surface area contributed by atoms with E-state index in [2.05, 4.69) is 14.7 Å². The summed E-state index contributed by atoms with van der Waals surface area (Å²) in [6, 6.07) is 0. The lowest BCUT2D eigenvalue weighted by molar-refractivity contribution is -0.140. The zero-order chi connectivity index (χ0) is 13.7. The number of Topliss-reactive ketones (excluding diaryl/α,β-unsaturated/α-hetero) is 1. The SMILES string of the molecule is COC(=O)CCCOc1cnc2c(n1)CCCC2=O. The lowest BCUT2D eigenvalue weighted by Crippen LogP contribution is -2.15. The third-order valence-corrected chi connectivity index (χ3v) is 2.91. The number of esters is 1. The van der Waals surface area contributed by atoms with Crippen LogP contribution in [0.25, 0.3) is 0 Å². The maximum Gasteiger partial charge on any atom is 0.305 e. The topological polar surface area (TPSA) is 78.4 Å². The van der Waals surface area contributed by atoms with E-state index in [1.165, 1.54) is 13.3 Å². The van der Waals surface area contributed by atoms with Crippen molar-refractivity contribution < 1.29 is 19.1 Å². The lowest BCUT2D eigenvalue weighted by atomic mass is 9.99. The van der Waals surface area contributed by atoms with Crippen LogP contribution in [-0.2, 0) is 16.0 Å². The molecule has 1 aliphatic carbocycles. The molecule has 102 valence electrons. The van der Waals surface area contributed by atoms with Crippen LogP contribution in [0.4, 0.5) is 0 Å². The van der Waals surface area contributed by atoms with Crippen LogP contribution >= 0.6 is 0 Å². The molecule has 1 aromatic rings. The number of ketones is 1. The van der Waals surface area contributed by atoms with Gasteiger partial charge in [-0.1, -0.05) is 0 Å². The molecule has 19 heavy (non-hydrogen) atoms. The van der Waals surface area contributed by atoms with Crippen molar-refractivity contribution in [1.82, 2.24) is 9.97 Å². The zero-order valence-corrected chi connectivity index (χ0v) is 10.8. The maximum absolute atomic E-state index is 11.6. The fourth-order valence-corrected chi connectivity index (χ4v) is 1.92. The predicted molar refractivity (Wildman–Crippen MR) is 66.0 cm³/mol. The molecule has 6 heteroatoms. The third-order valence-electron chi connectivity index (χ3n) is 2.91. The number of aryl methyl sites for hydroxylation is 1. The number of carbonyl (C=O) groups excluding carboxylic acids is 2. The van der Waals surface area contributed by atoms with Gasteiger partial charge in [0, 0.05) is 12.8 Å². The fraction of sp³-hybridized carbons (Fsp3) is 0.538. The number of aromatic nitrogens is 2. The van der Waals surface area contributed by atoms with E-state index in [0.29, 0.717) is 43.1 Å². The molecule has 0 saturated heterocycles. The number of rotatable bonds is 5. The van der Waals surface area contributed by atoms with Gasteiger partial charge in [-0.05, 0) is 19.3 Å².